The third-order valence-electron chi connectivity index (χ3n) is 12.1. The van der Waals surface area contributed by atoms with E-state index in [0.717, 1.165) is 24.0 Å². The van der Waals surface area contributed by atoms with Crippen LogP contribution in [0, 0.1) is 27.9 Å². The summed E-state index contributed by atoms with van der Waals surface area (Å²) in [6.45, 7) is 5.92. The molecule has 3 aromatic rings. The van der Waals surface area contributed by atoms with Gasteiger partial charge < -0.3 is 48.4 Å². The molecule has 344 valence electrons. The number of fused-ring (bicyclic) bond motifs is 2. The summed E-state index contributed by atoms with van der Waals surface area (Å²) in [5.41, 5.74) is 3.06. The Hall–Kier alpha value is -6.17. The van der Waals surface area contributed by atoms with E-state index in [1.165, 1.54) is 31.3 Å². The lowest BCUT2D eigenvalue weighted by molar-refractivity contribution is -0.384. The molecule has 0 aromatic heterocycles. The summed E-state index contributed by atoms with van der Waals surface area (Å²) >= 11 is 0. The fourth-order valence-corrected chi connectivity index (χ4v) is 9.19. The Morgan fingerprint density at radius 3 is 2.42 bits per heavy atom. The number of nitro benzene ring substituents is 1. The highest BCUT2D eigenvalue weighted by Crippen LogP contribution is 2.62. The van der Waals surface area contributed by atoms with Crippen molar-refractivity contribution < 1.29 is 58.0 Å². The monoisotopic (exact) mass is 886 g/mol. The van der Waals surface area contributed by atoms with Crippen LogP contribution in [0.25, 0.3) is 0 Å². The van der Waals surface area contributed by atoms with Gasteiger partial charge in [0.05, 0.1) is 49.7 Å². The Bertz CT molecular complexity index is 2180. The smallest absolute Gasteiger partial charge is 0.417 e. The molecule has 6 atom stereocenters. The number of unbranched alkanes of at least 4 members (excludes halogenated alkanes) is 2. The molecule has 2 amide bonds. The molecule has 6 unspecified atom stereocenters. The lowest BCUT2D eigenvalue weighted by Crippen LogP contribution is -2.69. The number of nitrogens with zero attached hydrogens (tertiary/aromatic N) is 3. The lowest BCUT2D eigenvalue weighted by atomic mass is 9.55. The first-order valence-electron chi connectivity index (χ1n) is 21.6. The standard InChI is InChI=1S/C47H58N4O13/c1-6-24-61-47-42(50(3)46(55)60-7-2)28-39(49-62-29-30-14-16-32(17-15-30)51(56)57)36-25-31(12-8-10-22-52)35(13-9-11-23-53)43(44(36)47)37-26-34(19-21-40(37)64-47)63-45(54)48-38-20-18-33(58-4)27-41(38)59-5/h6,14-21,25-27,31,35,42-44,52-53H,1,7-13,22-24,28-29H2,2-5H3,(H,48,54). The fraction of sp³-hybridized carbons (Fsp3) is 0.468. The molecular weight excluding hydrogens is 829 g/mol. The van der Waals surface area contributed by atoms with Crippen LogP contribution in [0.5, 0.6) is 23.0 Å². The van der Waals surface area contributed by atoms with Crippen molar-refractivity contribution >= 4 is 29.3 Å². The molecule has 17 nitrogen and oxygen atoms in total. The number of nitrogens with one attached hydrogen (secondary N) is 1. The van der Waals surface area contributed by atoms with Crippen LogP contribution in [0.2, 0.25) is 0 Å². The quantitative estimate of drug-likeness (QED) is 0.0400. The first kappa shape index (κ1) is 47.3. The number of methoxy groups -OCH3 is 2. The molecule has 1 fully saturated rings. The molecule has 1 heterocycles. The molecule has 0 radical (unpaired) electrons. The number of likely N-dealkylation sites (N-methyl/N-ethyl adjacent to an activating group) is 1. The molecule has 0 bridgehead atoms. The van der Waals surface area contributed by atoms with Gasteiger partial charge in [-0.3, -0.25) is 15.4 Å². The van der Waals surface area contributed by atoms with Crippen LogP contribution >= 0.6 is 0 Å². The van der Waals surface area contributed by atoms with Crippen LogP contribution in [0.15, 0.2) is 90.1 Å². The second-order valence-electron chi connectivity index (χ2n) is 15.9. The second kappa shape index (κ2) is 22.0. The second-order valence-corrected chi connectivity index (χ2v) is 15.9. The van der Waals surface area contributed by atoms with Crippen molar-refractivity contribution in [2.75, 3.05) is 53.0 Å². The van der Waals surface area contributed by atoms with Gasteiger partial charge in [-0.05, 0) is 98.0 Å². The highest BCUT2D eigenvalue weighted by molar-refractivity contribution is 6.03. The van der Waals surface area contributed by atoms with Crippen molar-refractivity contribution in [1.29, 1.82) is 0 Å². The minimum atomic E-state index is -1.52. The number of benzene rings is 3. The Morgan fingerprint density at radius 1 is 1.02 bits per heavy atom. The molecule has 3 aliphatic rings. The molecular formula is C47H58N4O13. The number of carbonyl (C=O) groups excluding carboxylic acids is 2. The van der Waals surface area contributed by atoms with E-state index < -0.39 is 40.8 Å². The lowest BCUT2D eigenvalue weighted by Gasteiger charge is -2.59. The number of hydrogen-bond donors (Lipinski definition) is 3. The first-order valence-corrected chi connectivity index (χ1v) is 21.6. The Morgan fingerprint density at radius 2 is 1.75 bits per heavy atom. The summed E-state index contributed by atoms with van der Waals surface area (Å²) in [6.07, 6.45) is 6.61. The van der Waals surface area contributed by atoms with Gasteiger partial charge in [0.1, 0.15) is 35.6 Å². The number of carbonyl (C=O) groups is 2. The van der Waals surface area contributed by atoms with Crippen LogP contribution in [0.1, 0.15) is 68.9 Å². The zero-order valence-corrected chi connectivity index (χ0v) is 36.7. The van der Waals surface area contributed by atoms with E-state index in [0.29, 0.717) is 59.9 Å². The summed E-state index contributed by atoms with van der Waals surface area (Å²) in [5.74, 6) is -1.05. The van der Waals surface area contributed by atoms with E-state index in [-0.39, 0.29) is 62.7 Å². The Balaban J connectivity index is 1.49. The Kier molecular flexibility index (Phi) is 16.2. The Labute approximate surface area is 372 Å². The summed E-state index contributed by atoms with van der Waals surface area (Å²) < 4.78 is 36.2. The van der Waals surface area contributed by atoms with Crippen molar-refractivity contribution in [3.8, 4) is 23.0 Å². The number of anilines is 1. The SMILES string of the molecule is C=CCOC12Oc3ccc(OC(=O)Nc4ccc(OC)cc4OC)cc3C3C(CCCCO)C(CCCCO)C=C(C(=NOCc4ccc([N+](=O)[O-])cc4)CC1N(C)C(=O)OCC)C32. The van der Waals surface area contributed by atoms with Gasteiger partial charge in [-0.2, -0.15) is 0 Å². The summed E-state index contributed by atoms with van der Waals surface area (Å²) in [5, 5.41) is 38.6. The van der Waals surface area contributed by atoms with E-state index in [1.807, 2.05) is 0 Å². The van der Waals surface area contributed by atoms with Crippen molar-refractivity contribution in [2.45, 2.75) is 76.2 Å². The summed E-state index contributed by atoms with van der Waals surface area (Å²) in [7, 11) is 4.64. The molecule has 6 rings (SSSR count). The minimum Gasteiger partial charge on any atom is -0.497 e. The third kappa shape index (κ3) is 10.4. The van der Waals surface area contributed by atoms with Gasteiger partial charge in [0.25, 0.3) is 5.69 Å². The van der Waals surface area contributed by atoms with Crippen LogP contribution < -0.4 is 24.3 Å². The molecule has 1 aliphatic heterocycles. The van der Waals surface area contributed by atoms with Gasteiger partial charge in [0.15, 0.2) is 0 Å². The van der Waals surface area contributed by atoms with Gasteiger partial charge in [0.2, 0.25) is 5.79 Å². The van der Waals surface area contributed by atoms with Crippen molar-refractivity contribution in [1.82, 2.24) is 4.90 Å². The largest absolute Gasteiger partial charge is 0.497 e. The van der Waals surface area contributed by atoms with E-state index >= 15 is 0 Å². The van der Waals surface area contributed by atoms with E-state index in [2.05, 4.69) is 18.0 Å². The topological polar surface area (TPSA) is 210 Å². The number of ether oxygens (including phenoxy) is 6. The van der Waals surface area contributed by atoms with Crippen LogP contribution in [0.4, 0.5) is 21.0 Å². The van der Waals surface area contributed by atoms with Gasteiger partial charge >= 0.3 is 12.2 Å². The predicted molar refractivity (Wildman–Crippen MR) is 237 cm³/mol. The molecule has 17 heteroatoms. The van der Waals surface area contributed by atoms with Crippen LogP contribution in [-0.2, 0) is 20.9 Å². The van der Waals surface area contributed by atoms with Gasteiger partial charge in [0, 0.05) is 56.4 Å². The molecule has 2 aliphatic carbocycles. The highest BCUT2D eigenvalue weighted by Gasteiger charge is 2.65. The minimum absolute atomic E-state index is 0.00751. The van der Waals surface area contributed by atoms with Crippen LogP contribution in [-0.4, -0.2) is 97.5 Å². The average molecular weight is 887 g/mol. The van der Waals surface area contributed by atoms with Gasteiger partial charge in [-0.15, -0.1) is 6.58 Å². The number of amides is 2. The number of oxime groups is 1. The zero-order chi connectivity index (χ0) is 45.8. The number of aliphatic hydroxyl groups is 2. The molecule has 0 spiro atoms. The number of nitro groups is 1. The zero-order valence-electron chi connectivity index (χ0n) is 36.7. The van der Waals surface area contributed by atoms with Gasteiger partial charge in [-0.1, -0.05) is 30.1 Å². The third-order valence-corrected chi connectivity index (χ3v) is 12.1. The number of non-ortho nitro benzene ring substituents is 1. The molecule has 3 aromatic carbocycles. The number of hydrogen-bond acceptors (Lipinski definition) is 14. The highest BCUT2D eigenvalue weighted by atomic mass is 16.7. The predicted octanol–water partition coefficient (Wildman–Crippen LogP) is 8.15. The average Bonchev–Trinajstić information content (AvgIpc) is 3.29. The maximum atomic E-state index is 13.7. The maximum Gasteiger partial charge on any atom is 0.417 e. The van der Waals surface area contributed by atoms with E-state index in [1.54, 1.807) is 68.6 Å². The van der Waals surface area contributed by atoms with Crippen molar-refractivity contribution in [3.05, 3.63) is 106 Å². The molecule has 3 N–H and O–H groups in total. The summed E-state index contributed by atoms with van der Waals surface area (Å²) in [6, 6.07) is 15.3. The summed E-state index contributed by atoms with van der Waals surface area (Å²) in [4.78, 5) is 45.6. The molecule has 64 heavy (non-hydrogen) atoms. The van der Waals surface area contributed by atoms with E-state index in [4.69, 9.17) is 38.4 Å². The van der Waals surface area contributed by atoms with E-state index in [9.17, 15) is 29.9 Å². The van der Waals surface area contributed by atoms with Gasteiger partial charge in [-0.25, -0.2) is 9.59 Å². The van der Waals surface area contributed by atoms with Crippen molar-refractivity contribution in [2.24, 2.45) is 22.9 Å². The fourth-order valence-electron chi connectivity index (χ4n) is 9.19. The van der Waals surface area contributed by atoms with Crippen molar-refractivity contribution in [3.63, 3.8) is 0 Å². The maximum absolute atomic E-state index is 13.7. The first-order chi connectivity index (χ1) is 31.0. The molecule has 1 saturated carbocycles. The normalized spacial score (nSPS) is 22.4. The number of aliphatic hydroxyl groups excluding tert-OH is 2. The number of rotatable bonds is 21. The van der Waals surface area contributed by atoms with Crippen LogP contribution in [0.3, 0.4) is 0 Å². The number of allylic oxidation sites excluding steroid dienone is 1. The molecule has 0 saturated heterocycles.